The molecule has 0 atom stereocenters. The lowest BCUT2D eigenvalue weighted by Gasteiger charge is -2.09. The monoisotopic (exact) mass is 365 g/mol. The Morgan fingerprint density at radius 3 is 2.81 bits per heavy atom. The molecule has 9 heteroatoms. The van der Waals surface area contributed by atoms with Crippen molar-refractivity contribution in [2.75, 3.05) is 11.1 Å². The van der Waals surface area contributed by atoms with E-state index in [4.69, 9.17) is 17.3 Å². The number of hydrogen-bond acceptors (Lipinski definition) is 6. The summed E-state index contributed by atoms with van der Waals surface area (Å²) in [6, 6.07) is 7.19. The van der Waals surface area contributed by atoms with E-state index in [-0.39, 0.29) is 5.95 Å². The Morgan fingerprint density at radius 1 is 1.19 bits per heavy atom. The van der Waals surface area contributed by atoms with Gasteiger partial charge in [-0.3, -0.25) is 0 Å². The van der Waals surface area contributed by atoms with Gasteiger partial charge in [-0.25, -0.2) is 4.68 Å². The Bertz CT molecular complexity index is 775. The predicted octanol–water partition coefficient (Wildman–Crippen LogP) is 2.80. The highest BCUT2D eigenvalue weighted by molar-refractivity contribution is 9.10. The average Bonchev–Trinajstić information content (AvgIpc) is 2.97. The zero-order valence-corrected chi connectivity index (χ0v) is 12.9. The molecule has 0 spiro atoms. The molecule has 3 N–H and O–H groups in total. The van der Waals surface area contributed by atoms with Crippen molar-refractivity contribution in [3.63, 3.8) is 0 Å². The second-order valence-corrected chi connectivity index (χ2v) is 5.19. The fourth-order valence-electron chi connectivity index (χ4n) is 1.65. The number of aromatic nitrogens is 5. The van der Waals surface area contributed by atoms with Gasteiger partial charge in [0.2, 0.25) is 11.9 Å². The zero-order chi connectivity index (χ0) is 14.8. The highest BCUT2D eigenvalue weighted by Crippen LogP contribution is 2.31. The maximum atomic E-state index is 6.04. The molecule has 0 aliphatic heterocycles. The van der Waals surface area contributed by atoms with Crippen LogP contribution in [0.5, 0.6) is 0 Å². The van der Waals surface area contributed by atoms with E-state index in [1.54, 1.807) is 24.5 Å². The Labute approximate surface area is 133 Å². The summed E-state index contributed by atoms with van der Waals surface area (Å²) in [7, 11) is 0. The van der Waals surface area contributed by atoms with E-state index in [0.29, 0.717) is 21.4 Å². The average molecular weight is 367 g/mol. The van der Waals surface area contributed by atoms with E-state index >= 15 is 0 Å². The van der Waals surface area contributed by atoms with Crippen molar-refractivity contribution >= 4 is 45.1 Å². The van der Waals surface area contributed by atoms with Crippen LogP contribution in [0.2, 0.25) is 5.02 Å². The summed E-state index contributed by atoms with van der Waals surface area (Å²) in [6.45, 7) is 0. The molecule has 0 radical (unpaired) electrons. The summed E-state index contributed by atoms with van der Waals surface area (Å²) in [6.07, 6.45) is 3.34. The van der Waals surface area contributed by atoms with E-state index < -0.39 is 0 Å². The number of nitrogen functional groups attached to an aromatic ring is 1. The van der Waals surface area contributed by atoms with Gasteiger partial charge in [0.15, 0.2) is 0 Å². The topological polar surface area (TPSA) is 94.5 Å². The number of rotatable bonds is 3. The number of anilines is 3. The van der Waals surface area contributed by atoms with Crippen LogP contribution in [0.3, 0.4) is 0 Å². The molecular formula is C12H9BrClN7. The number of nitrogens with one attached hydrogen (secondary N) is 1. The summed E-state index contributed by atoms with van der Waals surface area (Å²) >= 11 is 9.44. The third-order valence-electron chi connectivity index (χ3n) is 2.55. The van der Waals surface area contributed by atoms with Crippen LogP contribution < -0.4 is 11.1 Å². The smallest absolute Gasteiger partial charge is 0.257 e. The first-order valence-electron chi connectivity index (χ1n) is 5.86. The van der Waals surface area contributed by atoms with Crippen molar-refractivity contribution in [3.05, 3.63) is 46.2 Å². The summed E-state index contributed by atoms with van der Waals surface area (Å²) in [5.41, 5.74) is 6.43. The van der Waals surface area contributed by atoms with Gasteiger partial charge in [-0.2, -0.15) is 20.1 Å². The first-order chi connectivity index (χ1) is 10.1. The molecule has 0 saturated heterocycles. The minimum atomic E-state index is 0.0937. The van der Waals surface area contributed by atoms with E-state index in [2.05, 4.69) is 41.3 Å². The van der Waals surface area contributed by atoms with Gasteiger partial charge in [0.1, 0.15) is 0 Å². The largest absolute Gasteiger partial charge is 0.368 e. The van der Waals surface area contributed by atoms with Crippen LogP contribution in [0, 0.1) is 0 Å². The molecule has 2 aromatic heterocycles. The Balaban J connectivity index is 1.98. The van der Waals surface area contributed by atoms with Crippen molar-refractivity contribution in [2.24, 2.45) is 0 Å². The molecule has 0 bridgehead atoms. The van der Waals surface area contributed by atoms with Gasteiger partial charge in [-0.15, -0.1) is 0 Å². The zero-order valence-electron chi connectivity index (χ0n) is 10.5. The predicted molar refractivity (Wildman–Crippen MR) is 83.8 cm³/mol. The summed E-state index contributed by atoms with van der Waals surface area (Å²) < 4.78 is 2.21. The standard InChI is InChI=1S/C12H9BrClN7/c13-9-7(14)3-1-4-8(9)17-11-18-10(15)19-12(20-11)21-6-2-5-16-21/h1-6H,(H3,15,17,18,19,20). The lowest BCUT2D eigenvalue weighted by Crippen LogP contribution is -2.09. The lowest BCUT2D eigenvalue weighted by atomic mass is 10.3. The van der Waals surface area contributed by atoms with Crippen LogP contribution >= 0.6 is 27.5 Å². The van der Waals surface area contributed by atoms with Crippen LogP contribution in [0.1, 0.15) is 0 Å². The van der Waals surface area contributed by atoms with Gasteiger partial charge < -0.3 is 11.1 Å². The fraction of sp³-hybridized carbons (Fsp3) is 0. The Kier molecular flexibility index (Phi) is 3.72. The van der Waals surface area contributed by atoms with Gasteiger partial charge in [0.25, 0.3) is 5.95 Å². The molecule has 3 rings (SSSR count). The number of hydrogen-bond donors (Lipinski definition) is 2. The molecule has 2 heterocycles. The first-order valence-corrected chi connectivity index (χ1v) is 7.03. The third kappa shape index (κ3) is 2.96. The van der Waals surface area contributed by atoms with Gasteiger partial charge >= 0.3 is 0 Å². The van der Waals surface area contributed by atoms with E-state index in [9.17, 15) is 0 Å². The maximum absolute atomic E-state index is 6.04. The van der Waals surface area contributed by atoms with Crippen LogP contribution in [0.4, 0.5) is 17.6 Å². The van der Waals surface area contributed by atoms with Gasteiger partial charge in [-0.1, -0.05) is 17.7 Å². The van der Waals surface area contributed by atoms with Crippen LogP contribution in [-0.2, 0) is 0 Å². The molecule has 0 amide bonds. The molecule has 0 unspecified atom stereocenters. The van der Waals surface area contributed by atoms with Crippen molar-refractivity contribution in [1.29, 1.82) is 0 Å². The van der Waals surface area contributed by atoms with Gasteiger partial charge in [-0.05, 0) is 34.1 Å². The molecule has 0 fully saturated rings. The van der Waals surface area contributed by atoms with Crippen LogP contribution in [-0.4, -0.2) is 24.7 Å². The van der Waals surface area contributed by atoms with Crippen LogP contribution in [0.25, 0.3) is 5.95 Å². The van der Waals surface area contributed by atoms with Crippen molar-refractivity contribution in [1.82, 2.24) is 24.7 Å². The quantitative estimate of drug-likeness (QED) is 0.740. The second kappa shape index (κ2) is 5.66. The van der Waals surface area contributed by atoms with Gasteiger partial charge in [0.05, 0.1) is 15.2 Å². The summed E-state index contributed by atoms with van der Waals surface area (Å²) in [5, 5.41) is 7.68. The number of nitrogens with two attached hydrogens (primary N) is 1. The van der Waals surface area contributed by atoms with E-state index in [1.165, 1.54) is 4.68 Å². The second-order valence-electron chi connectivity index (χ2n) is 3.99. The van der Waals surface area contributed by atoms with E-state index in [1.807, 2.05) is 12.1 Å². The molecule has 7 nitrogen and oxygen atoms in total. The maximum Gasteiger partial charge on any atom is 0.257 e. The molecule has 21 heavy (non-hydrogen) atoms. The van der Waals surface area contributed by atoms with Crippen molar-refractivity contribution in [2.45, 2.75) is 0 Å². The van der Waals surface area contributed by atoms with Gasteiger partial charge in [0, 0.05) is 12.4 Å². The number of benzene rings is 1. The number of nitrogens with zero attached hydrogens (tertiary/aromatic N) is 5. The first kappa shape index (κ1) is 13.8. The molecular weight excluding hydrogens is 358 g/mol. The van der Waals surface area contributed by atoms with Crippen molar-refractivity contribution < 1.29 is 0 Å². The normalized spacial score (nSPS) is 10.6. The Hall–Kier alpha value is -2.19. The third-order valence-corrected chi connectivity index (χ3v) is 3.95. The Morgan fingerprint density at radius 2 is 2.05 bits per heavy atom. The summed E-state index contributed by atoms with van der Waals surface area (Å²) in [5.74, 6) is 0.722. The fourth-order valence-corrected chi connectivity index (χ4v) is 2.18. The van der Waals surface area contributed by atoms with Crippen molar-refractivity contribution in [3.8, 4) is 5.95 Å². The molecule has 1 aromatic carbocycles. The highest BCUT2D eigenvalue weighted by atomic mass is 79.9. The molecule has 3 aromatic rings. The summed E-state index contributed by atoms with van der Waals surface area (Å²) in [4.78, 5) is 12.4. The van der Waals surface area contributed by atoms with Crippen LogP contribution in [0.15, 0.2) is 41.1 Å². The lowest BCUT2D eigenvalue weighted by molar-refractivity contribution is 0.801. The molecule has 0 aliphatic rings. The van der Waals surface area contributed by atoms with E-state index in [0.717, 1.165) is 5.69 Å². The molecule has 0 aliphatic carbocycles. The minimum absolute atomic E-state index is 0.0937. The highest BCUT2D eigenvalue weighted by Gasteiger charge is 2.09. The molecule has 106 valence electrons. The minimum Gasteiger partial charge on any atom is -0.368 e. The number of halogens is 2. The molecule has 0 saturated carbocycles. The SMILES string of the molecule is Nc1nc(Nc2cccc(Cl)c2Br)nc(-n2cccn2)n1.